The Morgan fingerprint density at radius 2 is 2.29 bits per heavy atom. The van der Waals surface area contributed by atoms with Crippen LogP contribution in [0.3, 0.4) is 0 Å². The lowest BCUT2D eigenvalue weighted by molar-refractivity contribution is 0.519. The Hall–Kier alpha value is -1.05. The van der Waals surface area contributed by atoms with Crippen LogP contribution in [0.15, 0.2) is 18.2 Å². The largest absolute Gasteiger partial charge is 0.310 e. The molecule has 0 aliphatic carbocycles. The Kier molecular flexibility index (Phi) is 6.03. The minimum Gasteiger partial charge on any atom is -0.310 e. The highest BCUT2D eigenvalue weighted by Crippen LogP contribution is 2.10. The number of benzene rings is 1. The highest BCUT2D eigenvalue weighted by atomic mass is 32.2. The summed E-state index contributed by atoms with van der Waals surface area (Å²) >= 11 is 1.81. The van der Waals surface area contributed by atoms with Gasteiger partial charge in [0.15, 0.2) is 0 Å². The molecule has 0 fully saturated rings. The van der Waals surface area contributed by atoms with Crippen molar-refractivity contribution in [3.63, 3.8) is 0 Å². The van der Waals surface area contributed by atoms with Crippen molar-refractivity contribution >= 4 is 11.8 Å². The fourth-order valence-electron chi connectivity index (χ4n) is 1.44. The number of thioether (sulfide) groups is 1. The normalized spacial score (nSPS) is 12.1. The number of hydrogen-bond acceptors (Lipinski definition) is 3. The smallest absolute Gasteiger partial charge is 0.129 e. The van der Waals surface area contributed by atoms with Crippen LogP contribution >= 0.6 is 11.8 Å². The second-order valence-corrected chi connectivity index (χ2v) is 4.97. The van der Waals surface area contributed by atoms with Gasteiger partial charge in [-0.2, -0.15) is 17.0 Å². The third kappa shape index (κ3) is 4.76. The average Bonchev–Trinajstić information content (AvgIpc) is 2.34. The molecule has 0 bridgehead atoms. The van der Waals surface area contributed by atoms with E-state index in [0.717, 1.165) is 12.2 Å². The SMILES string of the molecule is CSCCC(C)NCc1ccc(C#N)cc1F. The molecule has 1 aromatic carbocycles. The van der Waals surface area contributed by atoms with Gasteiger partial charge in [-0.1, -0.05) is 6.07 Å². The molecule has 0 saturated heterocycles. The van der Waals surface area contributed by atoms with Gasteiger partial charge in [-0.25, -0.2) is 4.39 Å². The molecule has 0 heterocycles. The van der Waals surface area contributed by atoms with Crippen LogP contribution in [-0.4, -0.2) is 18.1 Å². The molecule has 0 saturated carbocycles. The second-order valence-electron chi connectivity index (χ2n) is 3.98. The van der Waals surface area contributed by atoms with Crippen molar-refractivity contribution in [1.82, 2.24) is 5.32 Å². The summed E-state index contributed by atoms with van der Waals surface area (Å²) in [4.78, 5) is 0. The maximum Gasteiger partial charge on any atom is 0.129 e. The van der Waals surface area contributed by atoms with Crippen molar-refractivity contribution in [1.29, 1.82) is 5.26 Å². The number of nitrogens with zero attached hydrogens (tertiary/aromatic N) is 1. The molecule has 1 N–H and O–H groups in total. The summed E-state index contributed by atoms with van der Waals surface area (Å²) in [6.07, 6.45) is 3.14. The first-order valence-electron chi connectivity index (χ1n) is 5.58. The first-order chi connectivity index (χ1) is 8.17. The molecule has 0 aliphatic heterocycles. The van der Waals surface area contributed by atoms with Gasteiger partial charge in [0.05, 0.1) is 11.6 Å². The Morgan fingerprint density at radius 1 is 1.53 bits per heavy atom. The van der Waals surface area contributed by atoms with Crippen molar-refractivity contribution < 1.29 is 4.39 Å². The minimum atomic E-state index is -0.311. The molecule has 1 atom stereocenters. The van der Waals surface area contributed by atoms with Crippen LogP contribution in [0, 0.1) is 17.1 Å². The zero-order chi connectivity index (χ0) is 12.7. The van der Waals surface area contributed by atoms with Crippen LogP contribution in [0.5, 0.6) is 0 Å². The summed E-state index contributed by atoms with van der Waals surface area (Å²) in [6, 6.07) is 6.89. The standard InChI is InChI=1S/C13H17FN2S/c1-10(5-6-17-2)16-9-12-4-3-11(8-15)7-13(12)14/h3-4,7,10,16H,5-6,9H2,1-2H3. The van der Waals surface area contributed by atoms with E-state index in [1.807, 2.05) is 17.8 Å². The van der Waals surface area contributed by atoms with Crippen molar-refractivity contribution in [2.45, 2.75) is 25.9 Å². The molecule has 17 heavy (non-hydrogen) atoms. The maximum atomic E-state index is 13.5. The van der Waals surface area contributed by atoms with Gasteiger partial charge in [0.2, 0.25) is 0 Å². The summed E-state index contributed by atoms with van der Waals surface area (Å²) < 4.78 is 13.5. The van der Waals surface area contributed by atoms with E-state index in [1.54, 1.807) is 12.1 Å². The van der Waals surface area contributed by atoms with Gasteiger partial charge in [-0.15, -0.1) is 0 Å². The van der Waals surface area contributed by atoms with Crippen LogP contribution in [0.4, 0.5) is 4.39 Å². The van der Waals surface area contributed by atoms with Gasteiger partial charge in [0, 0.05) is 18.2 Å². The zero-order valence-electron chi connectivity index (χ0n) is 10.2. The van der Waals surface area contributed by atoms with Gasteiger partial charge < -0.3 is 5.32 Å². The number of rotatable bonds is 6. The average molecular weight is 252 g/mol. The van der Waals surface area contributed by atoms with Crippen molar-refractivity contribution in [2.75, 3.05) is 12.0 Å². The predicted molar refractivity (Wildman–Crippen MR) is 70.4 cm³/mol. The molecule has 0 aromatic heterocycles. The summed E-state index contributed by atoms with van der Waals surface area (Å²) in [7, 11) is 0. The van der Waals surface area contributed by atoms with Gasteiger partial charge in [-0.05, 0) is 37.5 Å². The number of nitrogens with one attached hydrogen (secondary N) is 1. The number of halogens is 1. The number of hydrogen-bond donors (Lipinski definition) is 1. The Labute approximate surface area is 106 Å². The molecular weight excluding hydrogens is 235 g/mol. The molecule has 92 valence electrons. The molecule has 0 aliphatic rings. The Bertz CT molecular complexity index is 401. The van der Waals surface area contributed by atoms with Crippen LogP contribution in [-0.2, 0) is 6.54 Å². The van der Waals surface area contributed by atoms with Crippen LogP contribution in [0.25, 0.3) is 0 Å². The maximum absolute atomic E-state index is 13.5. The van der Waals surface area contributed by atoms with E-state index in [0.29, 0.717) is 23.7 Å². The molecule has 0 amide bonds. The minimum absolute atomic E-state index is 0.311. The highest BCUT2D eigenvalue weighted by Gasteiger charge is 2.05. The summed E-state index contributed by atoms with van der Waals surface area (Å²) in [5.74, 6) is 0.790. The molecule has 0 radical (unpaired) electrons. The molecular formula is C13H17FN2S. The van der Waals surface area contributed by atoms with Crippen LogP contribution < -0.4 is 5.32 Å². The van der Waals surface area contributed by atoms with Crippen molar-refractivity contribution in [3.05, 3.63) is 35.1 Å². The van der Waals surface area contributed by atoms with E-state index >= 15 is 0 Å². The fraction of sp³-hybridized carbons (Fsp3) is 0.462. The molecule has 0 spiro atoms. The van der Waals surface area contributed by atoms with Gasteiger partial charge in [0.1, 0.15) is 5.82 Å². The lowest BCUT2D eigenvalue weighted by atomic mass is 10.1. The molecule has 1 rings (SSSR count). The first kappa shape index (κ1) is 14.0. The zero-order valence-corrected chi connectivity index (χ0v) is 11.0. The van der Waals surface area contributed by atoms with E-state index in [-0.39, 0.29) is 5.82 Å². The van der Waals surface area contributed by atoms with Gasteiger partial charge in [0.25, 0.3) is 0 Å². The van der Waals surface area contributed by atoms with Crippen LogP contribution in [0.2, 0.25) is 0 Å². The third-order valence-corrected chi connectivity index (χ3v) is 3.22. The van der Waals surface area contributed by atoms with Crippen LogP contribution in [0.1, 0.15) is 24.5 Å². The molecule has 1 unspecified atom stereocenters. The topological polar surface area (TPSA) is 35.8 Å². The number of nitriles is 1. The van der Waals surface area contributed by atoms with E-state index in [2.05, 4.69) is 18.5 Å². The predicted octanol–water partition coefficient (Wildman–Crippen LogP) is 2.93. The van der Waals surface area contributed by atoms with E-state index < -0.39 is 0 Å². The van der Waals surface area contributed by atoms with E-state index in [1.165, 1.54) is 6.07 Å². The summed E-state index contributed by atoms with van der Waals surface area (Å²) in [5.41, 5.74) is 0.974. The Balaban J connectivity index is 2.49. The van der Waals surface area contributed by atoms with Crippen molar-refractivity contribution in [2.24, 2.45) is 0 Å². The fourth-order valence-corrected chi connectivity index (χ4v) is 2.03. The second kappa shape index (κ2) is 7.31. The quantitative estimate of drug-likeness (QED) is 0.845. The monoisotopic (exact) mass is 252 g/mol. The molecule has 4 heteroatoms. The highest BCUT2D eigenvalue weighted by molar-refractivity contribution is 7.98. The third-order valence-electron chi connectivity index (χ3n) is 2.58. The van der Waals surface area contributed by atoms with Gasteiger partial charge >= 0.3 is 0 Å². The summed E-state index contributed by atoms with van der Waals surface area (Å²) in [5, 5.41) is 11.9. The van der Waals surface area contributed by atoms with Crippen molar-refractivity contribution in [3.8, 4) is 6.07 Å². The lowest BCUT2D eigenvalue weighted by Crippen LogP contribution is -2.26. The van der Waals surface area contributed by atoms with E-state index in [9.17, 15) is 4.39 Å². The molecule has 1 aromatic rings. The molecule has 2 nitrogen and oxygen atoms in total. The van der Waals surface area contributed by atoms with E-state index in [4.69, 9.17) is 5.26 Å². The first-order valence-corrected chi connectivity index (χ1v) is 6.97. The summed E-state index contributed by atoms with van der Waals surface area (Å²) in [6.45, 7) is 2.60. The van der Waals surface area contributed by atoms with Gasteiger partial charge in [-0.3, -0.25) is 0 Å². The lowest BCUT2D eigenvalue weighted by Gasteiger charge is -2.13. The Morgan fingerprint density at radius 3 is 2.88 bits per heavy atom.